The summed E-state index contributed by atoms with van der Waals surface area (Å²) in [5.41, 5.74) is 1.10. The van der Waals surface area contributed by atoms with Gasteiger partial charge >= 0.3 is 0 Å². The quantitative estimate of drug-likeness (QED) is 0.681. The normalized spacial score (nSPS) is 22.2. The largest absolute Gasteiger partial charge is 0.423 e. The van der Waals surface area contributed by atoms with Gasteiger partial charge in [-0.25, -0.2) is 0 Å². The Hall–Kier alpha value is -2.11. The average Bonchev–Trinajstić information content (AvgIpc) is 3.00. The first kappa shape index (κ1) is 12.9. The third kappa shape index (κ3) is 2.59. The van der Waals surface area contributed by atoms with Crippen molar-refractivity contribution in [1.29, 1.82) is 0 Å². The van der Waals surface area contributed by atoms with Crippen LogP contribution in [-0.4, -0.2) is 16.5 Å². The number of hydrogen-bond acceptors (Lipinski definition) is 5. The van der Waals surface area contributed by atoms with E-state index in [1.54, 1.807) is 6.07 Å². The molecule has 106 valence electrons. The number of rotatable bonds is 4. The number of nitro groups is 1. The summed E-state index contributed by atoms with van der Waals surface area (Å²) in [7, 11) is 0. The van der Waals surface area contributed by atoms with E-state index in [9.17, 15) is 10.1 Å². The van der Waals surface area contributed by atoms with Crippen molar-refractivity contribution in [1.82, 2.24) is 4.98 Å². The third-order valence-corrected chi connectivity index (χ3v) is 3.93. The molecule has 0 spiro atoms. The number of oxazole rings is 1. The first-order valence-corrected chi connectivity index (χ1v) is 6.90. The minimum absolute atomic E-state index is 0.0183. The summed E-state index contributed by atoms with van der Waals surface area (Å²) in [5.74, 6) is 1.46. The zero-order chi connectivity index (χ0) is 14.1. The molecule has 1 fully saturated rings. The van der Waals surface area contributed by atoms with Crippen molar-refractivity contribution in [3.63, 3.8) is 0 Å². The van der Waals surface area contributed by atoms with E-state index in [4.69, 9.17) is 4.42 Å². The van der Waals surface area contributed by atoms with Crippen LogP contribution in [0.3, 0.4) is 0 Å². The van der Waals surface area contributed by atoms with E-state index in [2.05, 4.69) is 17.2 Å². The van der Waals surface area contributed by atoms with Gasteiger partial charge in [0, 0.05) is 12.6 Å². The number of fused-ring (bicyclic) bond motifs is 1. The van der Waals surface area contributed by atoms with Gasteiger partial charge in [-0.3, -0.25) is 10.1 Å². The van der Waals surface area contributed by atoms with Crippen LogP contribution in [-0.2, 0) is 0 Å². The second kappa shape index (κ2) is 5.11. The molecule has 1 aliphatic carbocycles. The van der Waals surface area contributed by atoms with E-state index in [-0.39, 0.29) is 5.69 Å². The monoisotopic (exact) mass is 275 g/mol. The Morgan fingerprint density at radius 1 is 1.50 bits per heavy atom. The molecule has 0 amide bonds. The second-order valence-corrected chi connectivity index (χ2v) is 5.59. The molecule has 2 unspecified atom stereocenters. The van der Waals surface area contributed by atoms with Crippen LogP contribution in [0.4, 0.5) is 11.7 Å². The predicted molar refractivity (Wildman–Crippen MR) is 75.7 cm³/mol. The highest BCUT2D eigenvalue weighted by molar-refractivity contribution is 5.77. The van der Waals surface area contributed by atoms with Gasteiger partial charge in [0.25, 0.3) is 11.7 Å². The molecule has 3 rings (SSSR count). The Morgan fingerprint density at radius 3 is 3.05 bits per heavy atom. The minimum atomic E-state index is -0.436. The van der Waals surface area contributed by atoms with Crippen molar-refractivity contribution in [3.8, 4) is 0 Å². The summed E-state index contributed by atoms with van der Waals surface area (Å²) in [4.78, 5) is 14.6. The Balaban J connectivity index is 1.71. The molecular weight excluding hydrogens is 258 g/mol. The summed E-state index contributed by atoms with van der Waals surface area (Å²) in [6, 6.07) is 4.90. The average molecular weight is 275 g/mol. The number of nitrogens with zero attached hydrogens (tertiary/aromatic N) is 2. The summed E-state index contributed by atoms with van der Waals surface area (Å²) in [5, 5.41) is 13.9. The first-order valence-electron chi connectivity index (χ1n) is 6.90. The molecule has 2 aromatic rings. The molecule has 1 saturated carbocycles. The Morgan fingerprint density at radius 2 is 2.35 bits per heavy atom. The lowest BCUT2D eigenvalue weighted by Crippen LogP contribution is -2.11. The van der Waals surface area contributed by atoms with E-state index in [0.29, 0.717) is 23.0 Å². The van der Waals surface area contributed by atoms with Crippen LogP contribution in [0, 0.1) is 22.0 Å². The fourth-order valence-electron chi connectivity index (χ4n) is 2.84. The molecule has 2 atom stereocenters. The van der Waals surface area contributed by atoms with Crippen LogP contribution in [0.5, 0.6) is 0 Å². The van der Waals surface area contributed by atoms with E-state index < -0.39 is 4.92 Å². The number of anilines is 1. The summed E-state index contributed by atoms with van der Waals surface area (Å²) < 4.78 is 5.52. The van der Waals surface area contributed by atoms with Gasteiger partial charge in [0.05, 0.1) is 11.0 Å². The van der Waals surface area contributed by atoms with Gasteiger partial charge in [0.1, 0.15) is 5.52 Å². The molecule has 1 N–H and O–H groups in total. The van der Waals surface area contributed by atoms with Gasteiger partial charge in [0.15, 0.2) is 5.58 Å². The van der Waals surface area contributed by atoms with Crippen LogP contribution in [0.2, 0.25) is 0 Å². The van der Waals surface area contributed by atoms with Crippen molar-refractivity contribution < 1.29 is 9.34 Å². The van der Waals surface area contributed by atoms with Crippen molar-refractivity contribution in [2.24, 2.45) is 11.8 Å². The number of non-ortho nitro benzene ring substituents is 1. The van der Waals surface area contributed by atoms with Crippen LogP contribution < -0.4 is 5.32 Å². The highest BCUT2D eigenvalue weighted by Crippen LogP contribution is 2.30. The summed E-state index contributed by atoms with van der Waals surface area (Å²) >= 11 is 0. The lowest BCUT2D eigenvalue weighted by molar-refractivity contribution is -0.384. The molecule has 1 aromatic heterocycles. The lowest BCUT2D eigenvalue weighted by atomic mass is 10.1. The molecule has 1 aromatic carbocycles. The van der Waals surface area contributed by atoms with Crippen LogP contribution in [0.1, 0.15) is 26.2 Å². The van der Waals surface area contributed by atoms with Gasteiger partial charge in [-0.05, 0) is 30.7 Å². The number of nitro benzene ring substituents is 1. The molecule has 0 saturated heterocycles. The highest BCUT2D eigenvalue weighted by atomic mass is 16.6. The number of aromatic nitrogens is 1. The molecule has 1 aliphatic rings. The maximum absolute atomic E-state index is 10.7. The zero-order valence-electron chi connectivity index (χ0n) is 11.3. The van der Waals surface area contributed by atoms with Gasteiger partial charge in [-0.15, -0.1) is 0 Å². The van der Waals surface area contributed by atoms with Gasteiger partial charge < -0.3 is 9.73 Å². The van der Waals surface area contributed by atoms with Crippen LogP contribution in [0.15, 0.2) is 22.6 Å². The van der Waals surface area contributed by atoms with Crippen molar-refractivity contribution in [2.45, 2.75) is 26.2 Å². The first-order chi connectivity index (χ1) is 9.61. The fraction of sp³-hybridized carbons (Fsp3) is 0.500. The summed E-state index contributed by atoms with van der Waals surface area (Å²) in [6.07, 6.45) is 3.75. The highest BCUT2D eigenvalue weighted by Gasteiger charge is 2.21. The molecule has 1 heterocycles. The lowest BCUT2D eigenvalue weighted by Gasteiger charge is -2.08. The zero-order valence-corrected chi connectivity index (χ0v) is 11.3. The molecule has 0 bridgehead atoms. The van der Waals surface area contributed by atoms with Crippen LogP contribution >= 0.6 is 0 Å². The molecule has 6 nitrogen and oxygen atoms in total. The maximum atomic E-state index is 10.7. The second-order valence-electron chi connectivity index (χ2n) is 5.59. The number of nitrogens with one attached hydrogen (secondary N) is 1. The smallest absolute Gasteiger partial charge is 0.295 e. The van der Waals surface area contributed by atoms with E-state index in [1.807, 2.05) is 0 Å². The van der Waals surface area contributed by atoms with Gasteiger partial charge in [-0.1, -0.05) is 13.3 Å². The predicted octanol–water partition coefficient (Wildman–Crippen LogP) is 3.58. The topological polar surface area (TPSA) is 81.2 Å². The van der Waals surface area contributed by atoms with Crippen molar-refractivity contribution in [3.05, 3.63) is 28.3 Å². The van der Waals surface area contributed by atoms with Crippen molar-refractivity contribution in [2.75, 3.05) is 11.9 Å². The Kier molecular flexibility index (Phi) is 3.30. The van der Waals surface area contributed by atoms with Crippen molar-refractivity contribution >= 4 is 22.8 Å². The van der Waals surface area contributed by atoms with E-state index in [1.165, 1.54) is 31.4 Å². The van der Waals surface area contributed by atoms with Gasteiger partial charge in [-0.2, -0.15) is 4.98 Å². The van der Waals surface area contributed by atoms with Crippen LogP contribution in [0.25, 0.3) is 11.1 Å². The molecule has 6 heteroatoms. The maximum Gasteiger partial charge on any atom is 0.295 e. The summed E-state index contributed by atoms with van der Waals surface area (Å²) in [6.45, 7) is 3.12. The molecular formula is C14H17N3O3. The number of hydrogen-bond donors (Lipinski definition) is 1. The Bertz CT molecular complexity index is 638. The molecule has 0 radical (unpaired) electrons. The molecule has 20 heavy (non-hydrogen) atoms. The molecule has 0 aliphatic heterocycles. The van der Waals surface area contributed by atoms with Gasteiger partial charge in [0.2, 0.25) is 0 Å². The fourth-order valence-corrected chi connectivity index (χ4v) is 2.84. The SMILES string of the molecule is CC1CCC(CNc2nc3ccc([N+](=O)[O-])cc3o2)C1. The Labute approximate surface area is 116 Å². The van der Waals surface area contributed by atoms with E-state index in [0.717, 1.165) is 12.5 Å². The number of benzene rings is 1. The third-order valence-electron chi connectivity index (χ3n) is 3.93. The standard InChI is InChI=1S/C14H17N3O3/c1-9-2-3-10(6-9)8-15-14-16-12-5-4-11(17(18)19)7-13(12)20-14/h4-5,7,9-10H,2-3,6,8H2,1H3,(H,15,16). The minimum Gasteiger partial charge on any atom is -0.423 e. The van der Waals surface area contributed by atoms with E-state index >= 15 is 0 Å².